The summed E-state index contributed by atoms with van der Waals surface area (Å²) < 4.78 is 40.8. The Balaban J connectivity index is 2.40. The Bertz CT molecular complexity index is 759. The van der Waals surface area contributed by atoms with Gasteiger partial charge in [0, 0.05) is 17.8 Å². The quantitative estimate of drug-likeness (QED) is 0.905. The van der Waals surface area contributed by atoms with Crippen LogP contribution in [0, 0.1) is 19.7 Å². The second-order valence-electron chi connectivity index (χ2n) is 4.71. The molecule has 0 aliphatic carbocycles. The molecular formula is C14H16FN3O2S. The maximum Gasteiger partial charge on any atom is 0.261 e. The van der Waals surface area contributed by atoms with Gasteiger partial charge in [-0.05, 0) is 43.7 Å². The van der Waals surface area contributed by atoms with E-state index in [9.17, 15) is 12.8 Å². The third-order valence-corrected chi connectivity index (χ3v) is 4.36. The molecule has 0 saturated carbocycles. The van der Waals surface area contributed by atoms with Crippen molar-refractivity contribution in [1.29, 1.82) is 0 Å². The summed E-state index contributed by atoms with van der Waals surface area (Å²) in [5.74, 6) is -0.478. The van der Waals surface area contributed by atoms with E-state index in [0.29, 0.717) is 5.69 Å². The lowest BCUT2D eigenvalue weighted by molar-refractivity contribution is 0.592. The number of hydrogen-bond acceptors (Lipinski definition) is 4. The molecule has 0 spiro atoms. The van der Waals surface area contributed by atoms with Crippen molar-refractivity contribution in [3.05, 3.63) is 53.1 Å². The number of hydrogen-bond donors (Lipinski definition) is 2. The maximum absolute atomic E-state index is 13.7. The van der Waals surface area contributed by atoms with Crippen LogP contribution in [0.15, 0.2) is 35.4 Å². The molecule has 0 aliphatic heterocycles. The molecule has 0 aliphatic rings. The minimum atomic E-state index is -3.81. The fourth-order valence-corrected chi connectivity index (χ4v) is 3.03. The van der Waals surface area contributed by atoms with Gasteiger partial charge in [-0.1, -0.05) is 0 Å². The number of nitrogens with two attached hydrogens (primary N) is 1. The minimum Gasteiger partial charge on any atom is -0.326 e. The van der Waals surface area contributed by atoms with Gasteiger partial charge in [-0.3, -0.25) is 9.71 Å². The highest BCUT2D eigenvalue weighted by molar-refractivity contribution is 7.92. The molecule has 5 nitrogen and oxygen atoms in total. The number of benzene rings is 1. The Morgan fingerprint density at radius 2 is 2.00 bits per heavy atom. The van der Waals surface area contributed by atoms with Gasteiger partial charge in [-0.15, -0.1) is 0 Å². The molecule has 0 amide bonds. The normalized spacial score (nSPS) is 11.4. The van der Waals surface area contributed by atoms with Crippen LogP contribution in [-0.4, -0.2) is 13.4 Å². The molecule has 0 bridgehead atoms. The summed E-state index contributed by atoms with van der Waals surface area (Å²) in [6, 6.07) is 5.82. The third kappa shape index (κ3) is 3.37. The van der Waals surface area contributed by atoms with Crippen molar-refractivity contribution in [2.75, 3.05) is 4.72 Å². The van der Waals surface area contributed by atoms with Crippen molar-refractivity contribution in [2.45, 2.75) is 25.3 Å². The fraction of sp³-hybridized carbons (Fsp3) is 0.214. The summed E-state index contributed by atoms with van der Waals surface area (Å²) in [7, 11) is -3.81. The molecule has 7 heteroatoms. The maximum atomic E-state index is 13.7. The molecular weight excluding hydrogens is 293 g/mol. The van der Waals surface area contributed by atoms with Crippen LogP contribution in [0.3, 0.4) is 0 Å². The van der Waals surface area contributed by atoms with Crippen molar-refractivity contribution in [2.24, 2.45) is 5.73 Å². The second-order valence-corrected chi connectivity index (χ2v) is 6.39. The molecule has 1 heterocycles. The van der Waals surface area contributed by atoms with Crippen LogP contribution in [0.2, 0.25) is 0 Å². The van der Waals surface area contributed by atoms with Gasteiger partial charge in [0.05, 0.1) is 16.8 Å². The molecule has 0 saturated heterocycles. The molecule has 0 unspecified atom stereocenters. The Labute approximate surface area is 123 Å². The van der Waals surface area contributed by atoms with E-state index in [1.807, 2.05) is 0 Å². The number of nitrogens with one attached hydrogen (secondary N) is 1. The van der Waals surface area contributed by atoms with E-state index >= 15 is 0 Å². The number of nitrogens with zero attached hydrogens (tertiary/aromatic N) is 1. The topological polar surface area (TPSA) is 85.1 Å². The van der Waals surface area contributed by atoms with E-state index in [1.54, 1.807) is 19.1 Å². The average Bonchev–Trinajstić information content (AvgIpc) is 2.44. The van der Waals surface area contributed by atoms with Crippen LogP contribution in [0.1, 0.15) is 16.8 Å². The first-order valence-electron chi connectivity index (χ1n) is 6.28. The van der Waals surface area contributed by atoms with Gasteiger partial charge in [0.15, 0.2) is 0 Å². The van der Waals surface area contributed by atoms with Crippen molar-refractivity contribution < 1.29 is 12.8 Å². The molecule has 1 aromatic heterocycles. The number of aromatic nitrogens is 1. The highest BCUT2D eigenvalue weighted by Crippen LogP contribution is 2.21. The number of halogens is 1. The van der Waals surface area contributed by atoms with Crippen LogP contribution >= 0.6 is 0 Å². The van der Waals surface area contributed by atoms with Crippen molar-refractivity contribution in [1.82, 2.24) is 4.98 Å². The van der Waals surface area contributed by atoms with Gasteiger partial charge in [0.2, 0.25) is 0 Å². The molecule has 112 valence electrons. The van der Waals surface area contributed by atoms with Gasteiger partial charge < -0.3 is 5.73 Å². The zero-order valence-electron chi connectivity index (χ0n) is 11.7. The Kier molecular flexibility index (Phi) is 4.24. The summed E-state index contributed by atoms with van der Waals surface area (Å²) in [5, 5.41) is 0. The van der Waals surface area contributed by atoms with Gasteiger partial charge in [0.1, 0.15) is 5.82 Å². The van der Waals surface area contributed by atoms with E-state index < -0.39 is 15.8 Å². The highest BCUT2D eigenvalue weighted by atomic mass is 32.2. The lowest BCUT2D eigenvalue weighted by Crippen LogP contribution is -2.15. The largest absolute Gasteiger partial charge is 0.326 e. The molecule has 0 atom stereocenters. The SMILES string of the molecule is Cc1ccc(NS(=O)(=O)c2cc(C)c(F)c(CN)c2)cn1. The Morgan fingerprint density at radius 3 is 2.57 bits per heavy atom. The summed E-state index contributed by atoms with van der Waals surface area (Å²) in [6.07, 6.45) is 1.42. The summed E-state index contributed by atoms with van der Waals surface area (Å²) in [5.41, 5.74) is 6.96. The number of aryl methyl sites for hydroxylation is 2. The van der Waals surface area contributed by atoms with E-state index in [2.05, 4.69) is 9.71 Å². The van der Waals surface area contributed by atoms with E-state index in [4.69, 9.17) is 5.73 Å². The Morgan fingerprint density at radius 1 is 1.29 bits per heavy atom. The molecule has 2 rings (SSSR count). The minimum absolute atomic E-state index is 0.0255. The molecule has 0 radical (unpaired) electrons. The number of rotatable bonds is 4. The van der Waals surface area contributed by atoms with Gasteiger partial charge in [-0.25, -0.2) is 12.8 Å². The average molecular weight is 309 g/mol. The summed E-state index contributed by atoms with van der Waals surface area (Å²) in [6.45, 7) is 3.23. The van der Waals surface area contributed by atoms with Crippen LogP contribution < -0.4 is 10.5 Å². The van der Waals surface area contributed by atoms with Gasteiger partial charge in [-0.2, -0.15) is 0 Å². The lowest BCUT2D eigenvalue weighted by atomic mass is 10.1. The third-order valence-electron chi connectivity index (χ3n) is 3.00. The molecule has 0 fully saturated rings. The first-order valence-corrected chi connectivity index (χ1v) is 7.76. The standard InChI is InChI=1S/C14H16FN3O2S/c1-9-5-13(6-11(7-16)14(9)15)21(19,20)18-12-4-3-10(2)17-8-12/h3-6,8,18H,7,16H2,1-2H3. The van der Waals surface area contributed by atoms with Crippen molar-refractivity contribution in [3.8, 4) is 0 Å². The zero-order valence-corrected chi connectivity index (χ0v) is 12.5. The van der Waals surface area contributed by atoms with Gasteiger partial charge in [0.25, 0.3) is 10.0 Å². The molecule has 1 aromatic carbocycles. The predicted molar refractivity (Wildman–Crippen MR) is 78.8 cm³/mol. The van der Waals surface area contributed by atoms with Crippen LogP contribution in [-0.2, 0) is 16.6 Å². The first kappa shape index (κ1) is 15.4. The smallest absolute Gasteiger partial charge is 0.261 e. The summed E-state index contributed by atoms with van der Waals surface area (Å²) >= 11 is 0. The summed E-state index contributed by atoms with van der Waals surface area (Å²) in [4.78, 5) is 3.99. The van der Waals surface area contributed by atoms with Crippen LogP contribution in [0.4, 0.5) is 10.1 Å². The monoisotopic (exact) mass is 309 g/mol. The van der Waals surface area contributed by atoms with Crippen LogP contribution in [0.25, 0.3) is 0 Å². The second kappa shape index (κ2) is 5.79. The Hall–Kier alpha value is -1.99. The fourth-order valence-electron chi connectivity index (χ4n) is 1.85. The number of anilines is 1. The number of pyridine rings is 1. The first-order chi connectivity index (χ1) is 9.83. The van der Waals surface area contributed by atoms with Gasteiger partial charge >= 0.3 is 0 Å². The van der Waals surface area contributed by atoms with E-state index in [0.717, 1.165) is 5.69 Å². The van der Waals surface area contributed by atoms with Crippen molar-refractivity contribution >= 4 is 15.7 Å². The zero-order chi connectivity index (χ0) is 15.6. The molecule has 21 heavy (non-hydrogen) atoms. The highest BCUT2D eigenvalue weighted by Gasteiger charge is 2.18. The van der Waals surface area contributed by atoms with Crippen LogP contribution in [0.5, 0.6) is 0 Å². The molecule has 3 N–H and O–H groups in total. The van der Waals surface area contributed by atoms with E-state index in [1.165, 1.54) is 25.3 Å². The van der Waals surface area contributed by atoms with E-state index in [-0.39, 0.29) is 22.6 Å². The predicted octanol–water partition coefficient (Wildman–Crippen LogP) is 2.10. The number of sulfonamides is 1. The lowest BCUT2D eigenvalue weighted by Gasteiger charge is -2.11. The van der Waals surface area contributed by atoms with Crippen molar-refractivity contribution in [3.63, 3.8) is 0 Å². The molecule has 2 aromatic rings.